The number of carbonyl (C=O) groups is 1. The minimum Gasteiger partial charge on any atom is -0.385 e. The van der Waals surface area contributed by atoms with Crippen LogP contribution in [-0.2, 0) is 5.60 Å². The molecule has 3 nitrogen and oxygen atoms in total. The molecule has 3 heteroatoms. The fourth-order valence-electron chi connectivity index (χ4n) is 3.20. The molecule has 1 saturated carbocycles. The first-order chi connectivity index (χ1) is 9.03. The standard InChI is InChI=1S/C16H23NO2/c1-16(19,12-8-4-2-3-5-9-12)14-11-7-6-10-13(14)15(17)18/h6-7,10-12,19H,2-5,8-9H2,1H3,(H2,17,18). The minimum atomic E-state index is -0.976. The first kappa shape index (κ1) is 14.1. The van der Waals surface area contributed by atoms with Gasteiger partial charge in [-0.3, -0.25) is 4.79 Å². The van der Waals surface area contributed by atoms with E-state index < -0.39 is 11.5 Å². The smallest absolute Gasteiger partial charge is 0.249 e. The second-order valence-electron chi connectivity index (χ2n) is 5.75. The molecule has 1 aliphatic rings. The fraction of sp³-hybridized carbons (Fsp3) is 0.562. The lowest BCUT2D eigenvalue weighted by Crippen LogP contribution is -2.34. The Labute approximate surface area is 114 Å². The van der Waals surface area contributed by atoms with Crippen LogP contribution in [0.3, 0.4) is 0 Å². The van der Waals surface area contributed by atoms with Crippen molar-refractivity contribution in [2.45, 2.75) is 51.0 Å². The molecule has 0 radical (unpaired) electrons. The Morgan fingerprint density at radius 3 is 2.37 bits per heavy atom. The van der Waals surface area contributed by atoms with Crippen molar-refractivity contribution in [3.8, 4) is 0 Å². The van der Waals surface area contributed by atoms with E-state index in [-0.39, 0.29) is 5.92 Å². The maximum atomic E-state index is 11.5. The average Bonchev–Trinajstić information content (AvgIpc) is 2.68. The first-order valence-electron chi connectivity index (χ1n) is 7.15. The van der Waals surface area contributed by atoms with Crippen molar-refractivity contribution in [3.05, 3.63) is 35.4 Å². The molecule has 0 bridgehead atoms. The highest BCUT2D eigenvalue weighted by atomic mass is 16.3. The molecule has 0 spiro atoms. The summed E-state index contributed by atoms with van der Waals surface area (Å²) in [7, 11) is 0. The van der Waals surface area contributed by atoms with Gasteiger partial charge < -0.3 is 10.8 Å². The number of hydrogen-bond acceptors (Lipinski definition) is 2. The van der Waals surface area contributed by atoms with Crippen LogP contribution in [0.15, 0.2) is 24.3 Å². The van der Waals surface area contributed by atoms with Crippen LogP contribution in [0.4, 0.5) is 0 Å². The molecular weight excluding hydrogens is 238 g/mol. The number of aliphatic hydroxyl groups is 1. The monoisotopic (exact) mass is 261 g/mol. The zero-order valence-corrected chi connectivity index (χ0v) is 11.6. The predicted octanol–water partition coefficient (Wildman–Crippen LogP) is 2.96. The fourth-order valence-corrected chi connectivity index (χ4v) is 3.20. The summed E-state index contributed by atoms with van der Waals surface area (Å²) < 4.78 is 0. The molecule has 1 atom stereocenters. The van der Waals surface area contributed by atoms with Gasteiger partial charge in [-0.15, -0.1) is 0 Å². The van der Waals surface area contributed by atoms with Gasteiger partial charge in [-0.2, -0.15) is 0 Å². The Morgan fingerprint density at radius 2 is 1.79 bits per heavy atom. The van der Waals surface area contributed by atoms with Gasteiger partial charge in [0.05, 0.1) is 5.60 Å². The van der Waals surface area contributed by atoms with E-state index in [2.05, 4.69) is 0 Å². The third kappa shape index (κ3) is 2.98. The maximum absolute atomic E-state index is 11.5. The van der Waals surface area contributed by atoms with Crippen LogP contribution in [0.25, 0.3) is 0 Å². The molecule has 1 amide bonds. The van der Waals surface area contributed by atoms with E-state index in [4.69, 9.17) is 5.73 Å². The summed E-state index contributed by atoms with van der Waals surface area (Å²) in [5, 5.41) is 11.0. The van der Waals surface area contributed by atoms with Crippen molar-refractivity contribution in [2.75, 3.05) is 0 Å². The molecule has 104 valence electrons. The Bertz CT molecular complexity index is 446. The Hall–Kier alpha value is -1.35. The molecule has 1 aliphatic carbocycles. The van der Waals surface area contributed by atoms with Crippen LogP contribution in [-0.4, -0.2) is 11.0 Å². The van der Waals surface area contributed by atoms with Crippen LogP contribution in [0.5, 0.6) is 0 Å². The van der Waals surface area contributed by atoms with Gasteiger partial charge in [0, 0.05) is 5.56 Å². The van der Waals surface area contributed by atoms with Crippen LogP contribution in [0.1, 0.15) is 61.4 Å². The molecule has 1 unspecified atom stereocenters. The summed E-state index contributed by atoms with van der Waals surface area (Å²) in [5.74, 6) is -0.264. The number of carbonyl (C=O) groups excluding carboxylic acids is 1. The summed E-state index contributed by atoms with van der Waals surface area (Å²) in [4.78, 5) is 11.5. The van der Waals surface area contributed by atoms with Crippen molar-refractivity contribution in [1.82, 2.24) is 0 Å². The topological polar surface area (TPSA) is 63.3 Å². The predicted molar refractivity (Wildman–Crippen MR) is 75.7 cm³/mol. The van der Waals surface area contributed by atoms with Gasteiger partial charge in [-0.25, -0.2) is 0 Å². The average molecular weight is 261 g/mol. The Morgan fingerprint density at radius 1 is 1.21 bits per heavy atom. The molecular formula is C16H23NO2. The largest absolute Gasteiger partial charge is 0.385 e. The normalized spacial score (nSPS) is 20.5. The number of primary amides is 1. The third-order valence-electron chi connectivity index (χ3n) is 4.39. The van der Waals surface area contributed by atoms with Gasteiger partial charge in [-0.05, 0) is 37.3 Å². The Kier molecular flexibility index (Phi) is 4.25. The van der Waals surface area contributed by atoms with E-state index in [0.717, 1.165) is 25.7 Å². The summed E-state index contributed by atoms with van der Waals surface area (Å²) >= 11 is 0. The highest BCUT2D eigenvalue weighted by molar-refractivity contribution is 5.94. The quantitative estimate of drug-likeness (QED) is 0.822. The van der Waals surface area contributed by atoms with Gasteiger partial charge in [-0.1, -0.05) is 43.9 Å². The number of rotatable bonds is 3. The number of amides is 1. The van der Waals surface area contributed by atoms with Crippen LogP contribution < -0.4 is 5.73 Å². The second kappa shape index (κ2) is 5.74. The van der Waals surface area contributed by atoms with Gasteiger partial charge in [0.1, 0.15) is 0 Å². The maximum Gasteiger partial charge on any atom is 0.249 e. The lowest BCUT2D eigenvalue weighted by molar-refractivity contribution is -0.0132. The highest BCUT2D eigenvalue weighted by Crippen LogP contribution is 2.39. The number of hydrogen-bond donors (Lipinski definition) is 2. The van der Waals surface area contributed by atoms with Gasteiger partial charge in [0.2, 0.25) is 5.91 Å². The summed E-state index contributed by atoms with van der Waals surface area (Å²) in [6.07, 6.45) is 6.81. The lowest BCUT2D eigenvalue weighted by atomic mass is 9.77. The minimum absolute atomic E-state index is 0.204. The zero-order valence-electron chi connectivity index (χ0n) is 11.6. The second-order valence-corrected chi connectivity index (χ2v) is 5.75. The van der Waals surface area contributed by atoms with Gasteiger partial charge in [0.25, 0.3) is 0 Å². The van der Waals surface area contributed by atoms with E-state index in [1.54, 1.807) is 12.1 Å². The van der Waals surface area contributed by atoms with E-state index in [0.29, 0.717) is 11.1 Å². The molecule has 1 aromatic rings. The van der Waals surface area contributed by atoms with E-state index in [1.807, 2.05) is 19.1 Å². The van der Waals surface area contributed by atoms with Crippen LogP contribution >= 0.6 is 0 Å². The lowest BCUT2D eigenvalue weighted by Gasteiger charge is -2.34. The molecule has 0 aliphatic heterocycles. The molecule has 0 saturated heterocycles. The van der Waals surface area contributed by atoms with E-state index >= 15 is 0 Å². The number of benzene rings is 1. The van der Waals surface area contributed by atoms with Gasteiger partial charge >= 0.3 is 0 Å². The van der Waals surface area contributed by atoms with Crippen LogP contribution in [0.2, 0.25) is 0 Å². The first-order valence-corrected chi connectivity index (χ1v) is 7.15. The van der Waals surface area contributed by atoms with Gasteiger partial charge in [0.15, 0.2) is 0 Å². The SMILES string of the molecule is CC(O)(c1ccccc1C(N)=O)C1CCCCCC1. The van der Waals surface area contributed by atoms with E-state index in [1.165, 1.54) is 12.8 Å². The number of nitrogens with two attached hydrogens (primary N) is 1. The zero-order chi connectivity index (χ0) is 13.9. The molecule has 1 aromatic carbocycles. The van der Waals surface area contributed by atoms with Crippen molar-refractivity contribution in [2.24, 2.45) is 11.7 Å². The summed E-state index contributed by atoms with van der Waals surface area (Å²) in [5.41, 5.74) is 5.56. The van der Waals surface area contributed by atoms with E-state index in [9.17, 15) is 9.90 Å². The molecule has 19 heavy (non-hydrogen) atoms. The molecule has 0 aromatic heterocycles. The molecule has 3 N–H and O–H groups in total. The van der Waals surface area contributed by atoms with Crippen molar-refractivity contribution in [1.29, 1.82) is 0 Å². The van der Waals surface area contributed by atoms with Crippen molar-refractivity contribution in [3.63, 3.8) is 0 Å². The Balaban J connectivity index is 2.34. The molecule has 0 heterocycles. The summed E-state index contributed by atoms with van der Waals surface area (Å²) in [6, 6.07) is 7.16. The van der Waals surface area contributed by atoms with Crippen LogP contribution in [0, 0.1) is 5.92 Å². The molecule has 2 rings (SSSR count). The van der Waals surface area contributed by atoms with Crippen molar-refractivity contribution >= 4 is 5.91 Å². The highest BCUT2D eigenvalue weighted by Gasteiger charge is 2.36. The third-order valence-corrected chi connectivity index (χ3v) is 4.39. The molecule has 1 fully saturated rings. The van der Waals surface area contributed by atoms with Crippen molar-refractivity contribution < 1.29 is 9.90 Å². The summed E-state index contributed by atoms with van der Waals surface area (Å²) in [6.45, 7) is 1.82.